The highest BCUT2D eigenvalue weighted by atomic mass is 16.5. The Hall–Kier alpha value is -3.80. The molecule has 0 aromatic heterocycles. The van der Waals surface area contributed by atoms with E-state index in [1.54, 1.807) is 12.1 Å². The summed E-state index contributed by atoms with van der Waals surface area (Å²) in [6.45, 7) is 6.24. The zero-order valence-corrected chi connectivity index (χ0v) is 18.6. The van der Waals surface area contributed by atoms with Crippen LogP contribution in [0.4, 0.5) is 11.4 Å². The number of ether oxygens (including phenoxy) is 1. The number of hydrogen-bond donors (Lipinski definition) is 0. The molecule has 32 heavy (non-hydrogen) atoms. The predicted molar refractivity (Wildman–Crippen MR) is 125 cm³/mol. The Morgan fingerprint density at radius 3 is 2.22 bits per heavy atom. The molecule has 0 saturated carbocycles. The van der Waals surface area contributed by atoms with Gasteiger partial charge >= 0.3 is 5.97 Å². The van der Waals surface area contributed by atoms with Crippen LogP contribution < -0.4 is 9.75 Å². The molecular weight excluding hydrogens is 400 g/mol. The first-order valence-electron chi connectivity index (χ1n) is 10.7. The van der Waals surface area contributed by atoms with Gasteiger partial charge in [0.2, 0.25) is 11.5 Å². The maximum atomic E-state index is 12.4. The standard InChI is InChI=1S/C26H27N4O2/c1-4-26(2,3)25(31)32-23-17-15-20(16-18-23)24-27-29(21-11-7-5-8-12-21)19-30(28-24)22-13-9-6-10-14-22/h5-18H,4,19H2,1-3H3/q+1. The normalized spacial score (nSPS) is 13.9. The molecule has 3 aromatic carbocycles. The average molecular weight is 428 g/mol. The first kappa shape index (κ1) is 21.4. The molecule has 0 bridgehead atoms. The number of carbonyl (C=O) groups is 1. The van der Waals surface area contributed by atoms with Crippen molar-refractivity contribution in [2.45, 2.75) is 27.2 Å². The molecule has 0 radical (unpaired) electrons. The molecule has 0 amide bonds. The zero-order valence-electron chi connectivity index (χ0n) is 18.6. The second kappa shape index (κ2) is 9.14. The molecule has 6 heteroatoms. The van der Waals surface area contributed by atoms with E-state index in [-0.39, 0.29) is 5.97 Å². The van der Waals surface area contributed by atoms with Crippen molar-refractivity contribution in [3.05, 3.63) is 90.5 Å². The third kappa shape index (κ3) is 4.75. The summed E-state index contributed by atoms with van der Waals surface area (Å²) in [4.78, 5) is 12.4. The van der Waals surface area contributed by atoms with Crippen LogP contribution in [0.25, 0.3) is 0 Å². The summed E-state index contributed by atoms with van der Waals surface area (Å²) in [6, 6.07) is 27.3. The molecule has 1 heterocycles. The van der Waals surface area contributed by atoms with E-state index in [1.807, 2.05) is 103 Å². The smallest absolute Gasteiger partial charge is 0.316 e. The quantitative estimate of drug-likeness (QED) is 0.277. The molecule has 3 aromatic rings. The molecule has 0 aliphatic carbocycles. The number of anilines is 1. The summed E-state index contributed by atoms with van der Waals surface area (Å²) >= 11 is 0. The monoisotopic (exact) mass is 427 g/mol. The zero-order chi connectivity index (χ0) is 22.6. The van der Waals surface area contributed by atoms with E-state index in [2.05, 4.69) is 0 Å². The largest absolute Gasteiger partial charge is 0.426 e. The molecule has 4 rings (SSSR count). The van der Waals surface area contributed by atoms with E-state index in [4.69, 9.17) is 15.0 Å². The number of azo groups is 2. The Kier molecular flexibility index (Phi) is 6.12. The first-order valence-corrected chi connectivity index (χ1v) is 10.7. The lowest BCUT2D eigenvalue weighted by molar-refractivity contribution is -0.508. The minimum absolute atomic E-state index is 0.238. The van der Waals surface area contributed by atoms with Crippen molar-refractivity contribution in [3.8, 4) is 5.75 Å². The minimum atomic E-state index is -0.520. The maximum absolute atomic E-state index is 12.4. The van der Waals surface area contributed by atoms with Crippen molar-refractivity contribution < 1.29 is 14.2 Å². The summed E-state index contributed by atoms with van der Waals surface area (Å²) in [5, 5.41) is 11.5. The van der Waals surface area contributed by atoms with Crippen molar-refractivity contribution in [2.75, 3.05) is 11.7 Å². The molecule has 0 fully saturated rings. The lowest BCUT2D eigenvalue weighted by Crippen LogP contribution is -2.31. The Labute approximate surface area is 188 Å². The molecule has 1 aliphatic heterocycles. The third-order valence-corrected chi connectivity index (χ3v) is 5.57. The lowest BCUT2D eigenvalue weighted by atomic mass is 9.91. The second-order valence-electron chi connectivity index (χ2n) is 8.29. The molecule has 0 spiro atoms. The van der Waals surface area contributed by atoms with E-state index in [0.717, 1.165) is 16.9 Å². The van der Waals surface area contributed by atoms with Crippen molar-refractivity contribution in [3.63, 3.8) is 0 Å². The van der Waals surface area contributed by atoms with Gasteiger partial charge in [-0.15, -0.1) is 5.10 Å². The van der Waals surface area contributed by atoms with Crippen LogP contribution in [0.15, 0.2) is 95.1 Å². The van der Waals surface area contributed by atoms with Crippen molar-refractivity contribution in [2.24, 2.45) is 15.6 Å². The van der Waals surface area contributed by atoms with Crippen LogP contribution in [0.2, 0.25) is 0 Å². The van der Waals surface area contributed by atoms with E-state index in [1.165, 1.54) is 0 Å². The number of amidine groups is 1. The van der Waals surface area contributed by atoms with Crippen molar-refractivity contribution in [1.82, 2.24) is 0 Å². The van der Waals surface area contributed by atoms with Gasteiger partial charge in [-0.2, -0.15) is 0 Å². The number of esters is 1. The fraction of sp³-hybridized carbons (Fsp3) is 0.231. The molecular formula is C26H27N4O2+. The highest BCUT2D eigenvalue weighted by Crippen LogP contribution is 2.26. The SMILES string of the molecule is CCC(C)(C)C(=O)Oc1ccc(C2=NN(c3ccccc3)C[N+](c3ccccc3)=N2)cc1. The van der Waals surface area contributed by atoms with E-state index < -0.39 is 5.41 Å². The van der Waals surface area contributed by atoms with Crippen LogP contribution in [0.1, 0.15) is 32.8 Å². The van der Waals surface area contributed by atoms with Crippen molar-refractivity contribution >= 4 is 23.2 Å². The number of hydrogen-bond acceptors (Lipinski definition) is 5. The van der Waals surface area contributed by atoms with Crippen LogP contribution in [0.5, 0.6) is 5.75 Å². The van der Waals surface area contributed by atoms with Crippen LogP contribution in [-0.2, 0) is 4.79 Å². The van der Waals surface area contributed by atoms with Crippen LogP contribution >= 0.6 is 0 Å². The summed E-state index contributed by atoms with van der Waals surface area (Å²) in [5.74, 6) is 0.852. The summed E-state index contributed by atoms with van der Waals surface area (Å²) < 4.78 is 7.49. The molecule has 0 atom stereocenters. The van der Waals surface area contributed by atoms with E-state index >= 15 is 0 Å². The van der Waals surface area contributed by atoms with Gasteiger partial charge in [0.05, 0.1) is 11.1 Å². The lowest BCUT2D eigenvalue weighted by Gasteiger charge is -2.21. The highest BCUT2D eigenvalue weighted by molar-refractivity contribution is 5.99. The number of para-hydroxylation sites is 2. The molecule has 0 saturated heterocycles. The Morgan fingerprint density at radius 2 is 1.59 bits per heavy atom. The van der Waals surface area contributed by atoms with Gasteiger partial charge in [0.1, 0.15) is 5.75 Å². The summed E-state index contributed by atoms with van der Waals surface area (Å²) in [7, 11) is 0. The van der Waals surface area contributed by atoms with Crippen LogP contribution in [0, 0.1) is 5.41 Å². The van der Waals surface area contributed by atoms with E-state index in [9.17, 15) is 4.79 Å². The number of carbonyl (C=O) groups excluding carboxylic acids is 1. The Bertz CT molecular complexity index is 1140. The molecule has 1 aliphatic rings. The van der Waals surface area contributed by atoms with Crippen LogP contribution in [0.3, 0.4) is 0 Å². The van der Waals surface area contributed by atoms with Crippen LogP contribution in [-0.4, -0.2) is 23.2 Å². The first-order chi connectivity index (χ1) is 15.5. The Balaban J connectivity index is 1.64. The van der Waals surface area contributed by atoms with Gasteiger partial charge in [0.15, 0.2) is 0 Å². The fourth-order valence-electron chi connectivity index (χ4n) is 3.09. The van der Waals surface area contributed by atoms with Gasteiger partial charge in [-0.3, -0.25) is 4.79 Å². The number of nitrogens with zero attached hydrogens (tertiary/aromatic N) is 4. The predicted octanol–water partition coefficient (Wildman–Crippen LogP) is 5.96. The number of rotatable bonds is 6. The highest BCUT2D eigenvalue weighted by Gasteiger charge is 2.28. The van der Waals surface area contributed by atoms with Gasteiger partial charge < -0.3 is 4.74 Å². The van der Waals surface area contributed by atoms with E-state index in [0.29, 0.717) is 24.7 Å². The Morgan fingerprint density at radius 1 is 0.969 bits per heavy atom. The van der Waals surface area contributed by atoms with Gasteiger partial charge in [-0.05, 0) is 56.7 Å². The molecule has 0 N–H and O–H groups in total. The maximum Gasteiger partial charge on any atom is 0.316 e. The summed E-state index contributed by atoms with van der Waals surface area (Å²) in [6.07, 6.45) is 0.713. The number of benzene rings is 3. The topological polar surface area (TPSA) is 57.3 Å². The fourth-order valence-corrected chi connectivity index (χ4v) is 3.09. The van der Waals surface area contributed by atoms with Gasteiger partial charge in [-0.1, -0.05) is 48.0 Å². The third-order valence-electron chi connectivity index (χ3n) is 5.57. The van der Waals surface area contributed by atoms with Gasteiger partial charge in [0, 0.05) is 22.8 Å². The summed E-state index contributed by atoms with van der Waals surface area (Å²) in [5.41, 5.74) is 2.27. The minimum Gasteiger partial charge on any atom is -0.426 e. The van der Waals surface area contributed by atoms with Gasteiger partial charge in [0.25, 0.3) is 6.67 Å². The number of hydrazone groups is 1. The molecule has 0 unspecified atom stereocenters. The second-order valence-corrected chi connectivity index (χ2v) is 8.29. The average Bonchev–Trinajstić information content (AvgIpc) is 2.85. The van der Waals surface area contributed by atoms with Gasteiger partial charge in [-0.25, -0.2) is 5.01 Å². The molecule has 6 nitrogen and oxygen atoms in total. The molecule has 162 valence electrons. The van der Waals surface area contributed by atoms with Crippen molar-refractivity contribution in [1.29, 1.82) is 0 Å².